The lowest BCUT2D eigenvalue weighted by atomic mass is 9.84. The monoisotopic (exact) mass is 308 g/mol. The molecule has 0 aliphatic heterocycles. The van der Waals surface area contributed by atoms with E-state index in [1.807, 2.05) is 37.3 Å². The summed E-state index contributed by atoms with van der Waals surface area (Å²) in [6, 6.07) is 13.8. The van der Waals surface area contributed by atoms with Crippen LogP contribution in [-0.4, -0.2) is 5.11 Å². The van der Waals surface area contributed by atoms with Crippen molar-refractivity contribution in [1.29, 1.82) is 0 Å². The Morgan fingerprint density at radius 1 is 1.17 bits per heavy atom. The molecule has 0 bridgehead atoms. The van der Waals surface area contributed by atoms with Crippen molar-refractivity contribution in [3.8, 4) is 0 Å². The molecule has 94 valence electrons. The number of hydrogen-bond donors (Lipinski definition) is 1. The molecule has 0 saturated carbocycles. The van der Waals surface area contributed by atoms with Crippen LogP contribution in [0.4, 0.5) is 4.39 Å². The minimum Gasteiger partial charge on any atom is -0.380 e. The van der Waals surface area contributed by atoms with Gasteiger partial charge in [-0.2, -0.15) is 0 Å². The summed E-state index contributed by atoms with van der Waals surface area (Å²) in [5.41, 5.74) is -0.301. The average Bonchev–Trinajstić information content (AvgIpc) is 2.41. The second-order valence-electron chi connectivity index (χ2n) is 4.20. The van der Waals surface area contributed by atoms with E-state index in [4.69, 9.17) is 0 Å². The van der Waals surface area contributed by atoms with Gasteiger partial charge in [0.15, 0.2) is 0 Å². The van der Waals surface area contributed by atoms with E-state index in [9.17, 15) is 9.50 Å². The number of benzene rings is 2. The Kier molecular flexibility index (Phi) is 3.83. The Morgan fingerprint density at radius 2 is 1.83 bits per heavy atom. The molecule has 0 aliphatic rings. The molecule has 0 fully saturated rings. The topological polar surface area (TPSA) is 20.2 Å². The van der Waals surface area contributed by atoms with Gasteiger partial charge in [-0.15, -0.1) is 0 Å². The first-order valence-corrected chi connectivity index (χ1v) is 6.60. The Morgan fingerprint density at radius 3 is 2.44 bits per heavy atom. The van der Waals surface area contributed by atoms with E-state index in [-0.39, 0.29) is 0 Å². The van der Waals surface area contributed by atoms with Crippen LogP contribution >= 0.6 is 15.9 Å². The van der Waals surface area contributed by atoms with Crippen molar-refractivity contribution in [2.24, 2.45) is 0 Å². The first-order valence-electron chi connectivity index (χ1n) is 5.81. The van der Waals surface area contributed by atoms with E-state index in [0.29, 0.717) is 17.5 Å². The molecule has 0 heterocycles. The standard InChI is InChI=1S/C15H14BrFO/c1-2-15(18,11-6-4-3-5-7-11)13-10-12(16)8-9-14(13)17/h3-10,18H,2H2,1H3. The lowest BCUT2D eigenvalue weighted by Crippen LogP contribution is -2.27. The highest BCUT2D eigenvalue weighted by atomic mass is 79.9. The van der Waals surface area contributed by atoms with Crippen LogP contribution in [0.25, 0.3) is 0 Å². The van der Waals surface area contributed by atoms with Crippen LogP contribution in [0.2, 0.25) is 0 Å². The first kappa shape index (κ1) is 13.2. The highest BCUT2D eigenvalue weighted by Crippen LogP contribution is 2.35. The molecule has 2 rings (SSSR count). The molecule has 0 aliphatic carbocycles. The molecule has 2 aromatic rings. The normalized spacial score (nSPS) is 14.2. The number of rotatable bonds is 3. The summed E-state index contributed by atoms with van der Waals surface area (Å²) in [5.74, 6) is -0.397. The fourth-order valence-electron chi connectivity index (χ4n) is 2.08. The number of halogens is 2. The minimum absolute atomic E-state index is 0.297. The molecular formula is C15H14BrFO. The van der Waals surface area contributed by atoms with Crippen LogP contribution in [0.3, 0.4) is 0 Å². The summed E-state index contributed by atoms with van der Waals surface area (Å²) in [4.78, 5) is 0. The van der Waals surface area contributed by atoms with Crippen molar-refractivity contribution < 1.29 is 9.50 Å². The number of aliphatic hydroxyl groups is 1. The van der Waals surface area contributed by atoms with Gasteiger partial charge < -0.3 is 5.11 Å². The zero-order valence-corrected chi connectivity index (χ0v) is 11.6. The van der Waals surface area contributed by atoms with Gasteiger partial charge >= 0.3 is 0 Å². The maximum absolute atomic E-state index is 14.0. The predicted molar refractivity (Wildman–Crippen MR) is 73.8 cm³/mol. The zero-order valence-electron chi connectivity index (χ0n) is 10.0. The van der Waals surface area contributed by atoms with Gasteiger partial charge in [-0.1, -0.05) is 53.2 Å². The molecule has 1 unspecified atom stereocenters. The summed E-state index contributed by atoms with van der Waals surface area (Å²) in [6.45, 7) is 1.84. The van der Waals surface area contributed by atoms with Crippen LogP contribution in [0.5, 0.6) is 0 Å². The van der Waals surface area contributed by atoms with Crippen molar-refractivity contribution >= 4 is 15.9 Å². The van der Waals surface area contributed by atoms with E-state index < -0.39 is 11.4 Å². The van der Waals surface area contributed by atoms with Crippen molar-refractivity contribution in [3.05, 3.63) is 69.9 Å². The van der Waals surface area contributed by atoms with Gasteiger partial charge in [0.25, 0.3) is 0 Å². The molecule has 0 amide bonds. The van der Waals surface area contributed by atoms with Crippen molar-refractivity contribution in [2.75, 3.05) is 0 Å². The van der Waals surface area contributed by atoms with Gasteiger partial charge in [0.1, 0.15) is 11.4 Å². The van der Waals surface area contributed by atoms with E-state index in [1.165, 1.54) is 6.07 Å². The fourth-order valence-corrected chi connectivity index (χ4v) is 2.44. The molecule has 3 heteroatoms. The SMILES string of the molecule is CCC(O)(c1ccccc1)c1cc(Br)ccc1F. The number of hydrogen-bond acceptors (Lipinski definition) is 1. The zero-order chi connectivity index (χ0) is 13.2. The first-order chi connectivity index (χ1) is 8.58. The largest absolute Gasteiger partial charge is 0.380 e. The van der Waals surface area contributed by atoms with Crippen LogP contribution in [0, 0.1) is 5.82 Å². The molecule has 1 atom stereocenters. The van der Waals surface area contributed by atoms with Gasteiger partial charge in [-0.05, 0) is 30.2 Å². The Labute approximate surface area is 114 Å². The average molecular weight is 309 g/mol. The van der Waals surface area contributed by atoms with Gasteiger partial charge in [-0.3, -0.25) is 0 Å². The molecule has 0 saturated heterocycles. The quantitative estimate of drug-likeness (QED) is 0.899. The fraction of sp³-hybridized carbons (Fsp3) is 0.200. The lowest BCUT2D eigenvalue weighted by molar-refractivity contribution is 0.0725. The summed E-state index contributed by atoms with van der Waals surface area (Å²) in [7, 11) is 0. The molecule has 18 heavy (non-hydrogen) atoms. The highest BCUT2D eigenvalue weighted by molar-refractivity contribution is 9.10. The van der Waals surface area contributed by atoms with Gasteiger partial charge in [0.2, 0.25) is 0 Å². The lowest BCUT2D eigenvalue weighted by Gasteiger charge is -2.28. The summed E-state index contributed by atoms with van der Waals surface area (Å²) in [6.07, 6.45) is 0.407. The Bertz CT molecular complexity index is 541. The molecule has 2 aromatic carbocycles. The third kappa shape index (κ3) is 2.33. The summed E-state index contributed by atoms with van der Waals surface area (Å²) in [5, 5.41) is 10.8. The molecular weight excluding hydrogens is 295 g/mol. The third-order valence-electron chi connectivity index (χ3n) is 3.14. The van der Waals surface area contributed by atoms with Crippen molar-refractivity contribution in [2.45, 2.75) is 18.9 Å². The molecule has 0 radical (unpaired) electrons. The van der Waals surface area contributed by atoms with Crippen molar-refractivity contribution in [3.63, 3.8) is 0 Å². The van der Waals surface area contributed by atoms with E-state index in [2.05, 4.69) is 15.9 Å². The maximum atomic E-state index is 14.0. The molecule has 0 spiro atoms. The smallest absolute Gasteiger partial charge is 0.129 e. The van der Waals surface area contributed by atoms with Crippen LogP contribution < -0.4 is 0 Å². The summed E-state index contributed by atoms with van der Waals surface area (Å²) < 4.78 is 14.7. The van der Waals surface area contributed by atoms with Crippen LogP contribution in [0.1, 0.15) is 24.5 Å². The second kappa shape index (κ2) is 5.21. The molecule has 1 nitrogen and oxygen atoms in total. The Hall–Kier alpha value is -1.19. The molecule has 1 N–H and O–H groups in total. The van der Waals surface area contributed by atoms with E-state index in [1.54, 1.807) is 12.1 Å². The molecule has 0 aromatic heterocycles. The maximum Gasteiger partial charge on any atom is 0.129 e. The van der Waals surface area contributed by atoms with Gasteiger partial charge in [0.05, 0.1) is 0 Å². The van der Waals surface area contributed by atoms with Gasteiger partial charge in [0, 0.05) is 10.0 Å². The second-order valence-corrected chi connectivity index (χ2v) is 5.12. The van der Waals surface area contributed by atoms with E-state index >= 15 is 0 Å². The van der Waals surface area contributed by atoms with Crippen molar-refractivity contribution in [1.82, 2.24) is 0 Å². The Balaban J connectivity index is 2.60. The highest BCUT2D eigenvalue weighted by Gasteiger charge is 2.32. The third-order valence-corrected chi connectivity index (χ3v) is 3.63. The predicted octanol–water partition coefficient (Wildman–Crippen LogP) is 4.23. The van der Waals surface area contributed by atoms with Gasteiger partial charge in [-0.25, -0.2) is 4.39 Å². The van der Waals surface area contributed by atoms with Crippen LogP contribution in [0.15, 0.2) is 53.0 Å². The summed E-state index contributed by atoms with van der Waals surface area (Å²) >= 11 is 3.31. The van der Waals surface area contributed by atoms with E-state index in [0.717, 1.165) is 4.47 Å². The van der Waals surface area contributed by atoms with Crippen LogP contribution in [-0.2, 0) is 5.60 Å². The minimum atomic E-state index is -1.30.